The molecular weight excluding hydrogens is 384 g/mol. The third-order valence-corrected chi connectivity index (χ3v) is 5.69. The van der Waals surface area contributed by atoms with Crippen molar-refractivity contribution in [3.63, 3.8) is 0 Å². The number of methoxy groups -OCH3 is 1. The van der Waals surface area contributed by atoms with Crippen LogP contribution in [0.15, 0.2) is 24.3 Å². The van der Waals surface area contributed by atoms with Crippen LogP contribution in [0.4, 0.5) is 0 Å². The number of nitrogens with two attached hydrogens (primary N) is 1. The molecule has 3 unspecified atom stereocenters. The van der Waals surface area contributed by atoms with Crippen LogP contribution in [0.2, 0.25) is 0 Å². The molecule has 30 heavy (non-hydrogen) atoms. The van der Waals surface area contributed by atoms with Gasteiger partial charge in [0.15, 0.2) is 11.9 Å². The number of carbonyl (C=O) groups is 3. The first-order valence-corrected chi connectivity index (χ1v) is 10.7. The second kappa shape index (κ2) is 11.8. The van der Waals surface area contributed by atoms with Gasteiger partial charge in [0.05, 0.1) is 0 Å². The molecule has 1 saturated carbocycles. The summed E-state index contributed by atoms with van der Waals surface area (Å²) in [6.07, 6.45) is 5.90. The second-order valence-corrected chi connectivity index (χ2v) is 8.15. The van der Waals surface area contributed by atoms with E-state index in [0.29, 0.717) is 11.5 Å². The Hall–Kier alpha value is -2.25. The average molecular weight is 419 g/mol. The standard InChI is InChI=1S/C23H34N2O5/c1-15(23(28)30-14-18-9-11-19(12-10-18)16(2)26)25-22(27)21(29-3)20(24)13-17-7-5-4-6-8-17/h9-12,15,17,20-21H,4-8,13-14,24H2,1-3H3,(H,25,27). The molecule has 0 aliphatic heterocycles. The maximum atomic E-state index is 12.6. The van der Waals surface area contributed by atoms with Crippen LogP contribution in [-0.2, 0) is 25.7 Å². The van der Waals surface area contributed by atoms with Crippen LogP contribution < -0.4 is 11.1 Å². The minimum atomic E-state index is -0.825. The summed E-state index contributed by atoms with van der Waals surface area (Å²) in [5.74, 6) is -0.453. The van der Waals surface area contributed by atoms with Crippen LogP contribution in [0.1, 0.15) is 68.3 Å². The number of esters is 1. The van der Waals surface area contributed by atoms with Gasteiger partial charge in [-0.3, -0.25) is 9.59 Å². The van der Waals surface area contributed by atoms with Crippen LogP contribution in [0.5, 0.6) is 0 Å². The zero-order valence-electron chi connectivity index (χ0n) is 18.2. The molecule has 7 nitrogen and oxygen atoms in total. The number of hydrogen-bond donors (Lipinski definition) is 2. The van der Waals surface area contributed by atoms with Gasteiger partial charge in [-0.25, -0.2) is 4.79 Å². The van der Waals surface area contributed by atoms with Gasteiger partial charge in [-0.2, -0.15) is 0 Å². The van der Waals surface area contributed by atoms with Gasteiger partial charge in [-0.15, -0.1) is 0 Å². The molecule has 0 heterocycles. The van der Waals surface area contributed by atoms with Gasteiger partial charge in [0.25, 0.3) is 5.91 Å². The van der Waals surface area contributed by atoms with E-state index in [1.165, 1.54) is 33.3 Å². The molecule has 1 fully saturated rings. The topological polar surface area (TPSA) is 108 Å². The summed E-state index contributed by atoms with van der Waals surface area (Å²) >= 11 is 0. The van der Waals surface area contributed by atoms with Gasteiger partial charge in [-0.05, 0) is 31.7 Å². The number of Topliss-reactive ketones (excluding diaryl/α,β-unsaturated/α-hetero) is 1. The molecule has 1 aliphatic carbocycles. The number of nitrogens with one attached hydrogen (secondary N) is 1. The first kappa shape index (κ1) is 24.0. The van der Waals surface area contributed by atoms with E-state index in [-0.39, 0.29) is 12.4 Å². The van der Waals surface area contributed by atoms with Crippen molar-refractivity contribution in [2.24, 2.45) is 11.7 Å². The fraction of sp³-hybridized carbons (Fsp3) is 0.609. The third kappa shape index (κ3) is 7.22. The van der Waals surface area contributed by atoms with Crippen molar-refractivity contribution in [3.8, 4) is 0 Å². The molecule has 1 amide bonds. The van der Waals surface area contributed by atoms with E-state index in [4.69, 9.17) is 15.2 Å². The molecule has 7 heteroatoms. The first-order valence-electron chi connectivity index (χ1n) is 10.7. The molecule has 0 spiro atoms. The summed E-state index contributed by atoms with van der Waals surface area (Å²) < 4.78 is 10.6. The normalized spacial score (nSPS) is 17.6. The molecule has 0 aromatic heterocycles. The van der Waals surface area contributed by atoms with Crippen molar-refractivity contribution in [2.75, 3.05) is 7.11 Å². The lowest BCUT2D eigenvalue weighted by molar-refractivity contribution is -0.150. The zero-order valence-corrected chi connectivity index (χ0v) is 18.2. The predicted octanol–water partition coefficient (Wildman–Crippen LogP) is 2.75. The quantitative estimate of drug-likeness (QED) is 0.447. The molecule has 1 aliphatic rings. The van der Waals surface area contributed by atoms with Gasteiger partial charge in [0.1, 0.15) is 12.6 Å². The van der Waals surface area contributed by atoms with Gasteiger partial charge >= 0.3 is 5.97 Å². The Labute approximate surface area is 178 Å². The Morgan fingerprint density at radius 1 is 1.13 bits per heavy atom. The molecule has 0 radical (unpaired) electrons. The highest BCUT2D eigenvalue weighted by Crippen LogP contribution is 2.27. The van der Waals surface area contributed by atoms with Crippen LogP contribution in [0.3, 0.4) is 0 Å². The maximum Gasteiger partial charge on any atom is 0.328 e. The van der Waals surface area contributed by atoms with E-state index in [0.717, 1.165) is 24.8 Å². The Morgan fingerprint density at radius 3 is 2.33 bits per heavy atom. The third-order valence-electron chi connectivity index (χ3n) is 5.69. The molecular formula is C23H34N2O5. The second-order valence-electron chi connectivity index (χ2n) is 8.15. The van der Waals surface area contributed by atoms with Crippen LogP contribution in [-0.4, -0.2) is 43.0 Å². The van der Waals surface area contributed by atoms with Crippen molar-refractivity contribution < 1.29 is 23.9 Å². The summed E-state index contributed by atoms with van der Waals surface area (Å²) in [6.45, 7) is 3.12. The highest BCUT2D eigenvalue weighted by Gasteiger charge is 2.30. The molecule has 0 bridgehead atoms. The fourth-order valence-electron chi connectivity index (χ4n) is 3.88. The summed E-state index contributed by atoms with van der Waals surface area (Å²) in [5, 5.41) is 2.65. The monoisotopic (exact) mass is 418 g/mol. The highest BCUT2D eigenvalue weighted by atomic mass is 16.5. The number of carbonyl (C=O) groups excluding carboxylic acids is 3. The van der Waals surface area contributed by atoms with Gasteiger partial charge in [0.2, 0.25) is 0 Å². The van der Waals surface area contributed by atoms with Crippen LogP contribution in [0, 0.1) is 5.92 Å². The lowest BCUT2D eigenvalue weighted by Gasteiger charge is -2.28. The number of rotatable bonds is 10. The molecule has 3 atom stereocenters. The lowest BCUT2D eigenvalue weighted by Crippen LogP contribution is -2.52. The molecule has 1 aromatic carbocycles. The van der Waals surface area contributed by atoms with Crippen molar-refractivity contribution in [2.45, 2.75) is 77.2 Å². The van der Waals surface area contributed by atoms with E-state index in [2.05, 4.69) is 5.32 Å². The Kier molecular flexibility index (Phi) is 9.46. The molecule has 0 saturated heterocycles. The maximum absolute atomic E-state index is 12.6. The summed E-state index contributed by atoms with van der Waals surface area (Å²) in [6, 6.07) is 5.60. The van der Waals surface area contributed by atoms with E-state index < -0.39 is 30.1 Å². The largest absolute Gasteiger partial charge is 0.459 e. The number of ketones is 1. The van der Waals surface area contributed by atoms with Gasteiger partial charge in [0, 0.05) is 18.7 Å². The van der Waals surface area contributed by atoms with E-state index in [9.17, 15) is 14.4 Å². The van der Waals surface area contributed by atoms with Crippen LogP contribution in [0.25, 0.3) is 0 Å². The molecule has 3 N–H and O–H groups in total. The first-order chi connectivity index (χ1) is 14.3. The summed E-state index contributed by atoms with van der Waals surface area (Å²) in [4.78, 5) is 36.2. The predicted molar refractivity (Wildman–Crippen MR) is 114 cm³/mol. The van der Waals surface area contributed by atoms with Crippen molar-refractivity contribution in [3.05, 3.63) is 35.4 Å². The fourth-order valence-corrected chi connectivity index (χ4v) is 3.88. The Morgan fingerprint density at radius 2 is 1.77 bits per heavy atom. The Bertz CT molecular complexity index is 713. The Balaban J connectivity index is 1.81. The molecule has 2 rings (SSSR count). The van der Waals surface area contributed by atoms with Crippen molar-refractivity contribution in [1.29, 1.82) is 0 Å². The van der Waals surface area contributed by atoms with E-state index >= 15 is 0 Å². The highest BCUT2D eigenvalue weighted by molar-refractivity contribution is 5.94. The summed E-state index contributed by atoms with van der Waals surface area (Å²) in [5.41, 5.74) is 7.61. The van der Waals surface area contributed by atoms with Gasteiger partial charge < -0.3 is 20.5 Å². The van der Waals surface area contributed by atoms with Crippen molar-refractivity contribution in [1.82, 2.24) is 5.32 Å². The zero-order chi connectivity index (χ0) is 22.1. The van der Waals surface area contributed by atoms with Crippen molar-refractivity contribution >= 4 is 17.7 Å². The average Bonchev–Trinajstić information content (AvgIpc) is 2.73. The van der Waals surface area contributed by atoms with Crippen LogP contribution >= 0.6 is 0 Å². The number of ether oxygens (including phenoxy) is 2. The minimum absolute atomic E-state index is 0.0238. The van der Waals surface area contributed by atoms with E-state index in [1.807, 2.05) is 0 Å². The van der Waals surface area contributed by atoms with Gasteiger partial charge in [-0.1, -0.05) is 56.4 Å². The number of benzene rings is 1. The van der Waals surface area contributed by atoms with E-state index in [1.54, 1.807) is 31.2 Å². The molecule has 166 valence electrons. The smallest absolute Gasteiger partial charge is 0.328 e. The molecule has 1 aromatic rings. The SMILES string of the molecule is COC(C(=O)NC(C)C(=O)OCc1ccc(C(C)=O)cc1)C(N)CC1CCCCC1. The minimum Gasteiger partial charge on any atom is -0.459 e. The summed E-state index contributed by atoms with van der Waals surface area (Å²) in [7, 11) is 1.46. The number of amides is 1. The number of hydrogen-bond acceptors (Lipinski definition) is 6. The lowest BCUT2D eigenvalue weighted by atomic mass is 9.84.